The number of unbranched alkanes of at least 4 members (excludes halogenated alkanes) is 1. The molecule has 0 heterocycles. The zero-order chi connectivity index (χ0) is 20.2. The standard InChI is InChI=1S/C22H27N3O3/c1-3-4-15-28-20-8-6-5-7-18(20)16-23-25-22(27)14-13-21(26)24-19-11-9-17(2)10-12-19/h5-12,16H,3-4,13-15H2,1-2H3,(H,24,26)(H,25,27). The number of nitrogens with zero attached hydrogens (tertiary/aromatic N) is 1. The Balaban J connectivity index is 1.76. The first-order valence-electron chi connectivity index (χ1n) is 9.48. The molecule has 2 aromatic rings. The molecule has 0 saturated carbocycles. The molecule has 6 nitrogen and oxygen atoms in total. The van der Waals surface area contributed by atoms with Crippen molar-refractivity contribution in [1.29, 1.82) is 0 Å². The van der Waals surface area contributed by atoms with Gasteiger partial charge in [-0.05, 0) is 37.6 Å². The number of carbonyl (C=O) groups excluding carboxylic acids is 2. The van der Waals surface area contributed by atoms with Crippen LogP contribution in [0.4, 0.5) is 5.69 Å². The minimum Gasteiger partial charge on any atom is -0.493 e. The number of carbonyl (C=O) groups is 2. The van der Waals surface area contributed by atoms with Crippen molar-refractivity contribution in [3.05, 3.63) is 59.7 Å². The largest absolute Gasteiger partial charge is 0.493 e. The number of para-hydroxylation sites is 1. The number of nitrogens with one attached hydrogen (secondary N) is 2. The summed E-state index contributed by atoms with van der Waals surface area (Å²) in [6.45, 7) is 4.73. The fourth-order valence-corrected chi connectivity index (χ4v) is 2.36. The topological polar surface area (TPSA) is 79.8 Å². The summed E-state index contributed by atoms with van der Waals surface area (Å²) in [7, 11) is 0. The molecule has 2 N–H and O–H groups in total. The molecule has 0 unspecified atom stereocenters. The fourth-order valence-electron chi connectivity index (χ4n) is 2.36. The number of anilines is 1. The Hall–Kier alpha value is -3.15. The van der Waals surface area contributed by atoms with E-state index in [1.54, 1.807) is 6.21 Å². The van der Waals surface area contributed by atoms with E-state index in [4.69, 9.17) is 4.74 Å². The summed E-state index contributed by atoms with van der Waals surface area (Å²) in [5.41, 5.74) is 5.07. The maximum Gasteiger partial charge on any atom is 0.240 e. The van der Waals surface area contributed by atoms with Crippen molar-refractivity contribution >= 4 is 23.7 Å². The number of hydrogen-bond acceptors (Lipinski definition) is 4. The van der Waals surface area contributed by atoms with Crippen LogP contribution in [0.25, 0.3) is 0 Å². The molecule has 0 aromatic heterocycles. The zero-order valence-corrected chi connectivity index (χ0v) is 16.4. The normalized spacial score (nSPS) is 10.6. The van der Waals surface area contributed by atoms with Gasteiger partial charge in [-0.2, -0.15) is 5.10 Å². The third-order valence-electron chi connectivity index (χ3n) is 3.98. The molecule has 2 aromatic carbocycles. The van der Waals surface area contributed by atoms with Gasteiger partial charge in [-0.25, -0.2) is 5.43 Å². The second-order valence-electron chi connectivity index (χ2n) is 6.45. The third kappa shape index (κ3) is 7.61. The van der Waals surface area contributed by atoms with Gasteiger partial charge in [0.1, 0.15) is 5.75 Å². The smallest absolute Gasteiger partial charge is 0.240 e. The van der Waals surface area contributed by atoms with Gasteiger partial charge in [-0.15, -0.1) is 0 Å². The Kier molecular flexibility index (Phi) is 8.72. The Morgan fingerprint density at radius 1 is 1.04 bits per heavy atom. The third-order valence-corrected chi connectivity index (χ3v) is 3.98. The number of hydrazone groups is 1. The van der Waals surface area contributed by atoms with Crippen LogP contribution in [0.15, 0.2) is 53.6 Å². The van der Waals surface area contributed by atoms with Crippen LogP contribution in [0, 0.1) is 6.92 Å². The predicted molar refractivity (Wildman–Crippen MR) is 112 cm³/mol. The van der Waals surface area contributed by atoms with Crippen LogP contribution >= 0.6 is 0 Å². The van der Waals surface area contributed by atoms with Crippen LogP contribution in [0.1, 0.15) is 43.7 Å². The van der Waals surface area contributed by atoms with E-state index in [0.717, 1.165) is 29.7 Å². The van der Waals surface area contributed by atoms with Gasteiger partial charge in [-0.1, -0.05) is 43.2 Å². The van der Waals surface area contributed by atoms with Crippen molar-refractivity contribution in [2.45, 2.75) is 39.5 Å². The van der Waals surface area contributed by atoms with Crippen LogP contribution < -0.4 is 15.5 Å². The van der Waals surface area contributed by atoms with Crippen molar-refractivity contribution in [2.24, 2.45) is 5.10 Å². The molecular formula is C22H27N3O3. The molecule has 148 valence electrons. The fraction of sp³-hybridized carbons (Fsp3) is 0.318. The molecule has 0 aliphatic heterocycles. The highest BCUT2D eigenvalue weighted by Crippen LogP contribution is 2.16. The predicted octanol–water partition coefficient (Wildman–Crippen LogP) is 4.04. The number of hydrogen-bond donors (Lipinski definition) is 2. The Labute approximate surface area is 166 Å². The first kappa shape index (κ1) is 21.2. The van der Waals surface area contributed by atoms with Crippen LogP contribution in [0.3, 0.4) is 0 Å². The van der Waals surface area contributed by atoms with Crippen molar-refractivity contribution in [3.63, 3.8) is 0 Å². The molecule has 2 rings (SSSR count). The first-order valence-corrected chi connectivity index (χ1v) is 9.48. The number of rotatable bonds is 10. The monoisotopic (exact) mass is 381 g/mol. The summed E-state index contributed by atoms with van der Waals surface area (Å²) in [5.74, 6) is 0.198. The summed E-state index contributed by atoms with van der Waals surface area (Å²) in [6, 6.07) is 15.0. The second kappa shape index (κ2) is 11.5. The van der Waals surface area contributed by atoms with E-state index in [0.29, 0.717) is 12.3 Å². The first-order chi connectivity index (χ1) is 13.6. The lowest BCUT2D eigenvalue weighted by atomic mass is 10.2. The average Bonchev–Trinajstić information content (AvgIpc) is 2.69. The summed E-state index contributed by atoms with van der Waals surface area (Å²) in [4.78, 5) is 23.8. The van der Waals surface area contributed by atoms with Gasteiger partial charge >= 0.3 is 0 Å². The van der Waals surface area contributed by atoms with E-state index < -0.39 is 0 Å². The van der Waals surface area contributed by atoms with E-state index in [2.05, 4.69) is 22.8 Å². The zero-order valence-electron chi connectivity index (χ0n) is 16.4. The van der Waals surface area contributed by atoms with E-state index >= 15 is 0 Å². The minimum atomic E-state index is -0.320. The quantitative estimate of drug-likeness (QED) is 0.370. The number of benzene rings is 2. The van der Waals surface area contributed by atoms with Crippen LogP contribution in [0.5, 0.6) is 5.75 Å². The molecular weight excluding hydrogens is 354 g/mol. The Morgan fingerprint density at radius 2 is 1.75 bits per heavy atom. The molecule has 0 aliphatic rings. The SMILES string of the molecule is CCCCOc1ccccc1C=NNC(=O)CCC(=O)Nc1ccc(C)cc1. The molecule has 2 amide bonds. The molecule has 0 spiro atoms. The van der Waals surface area contributed by atoms with Crippen LogP contribution in [-0.4, -0.2) is 24.6 Å². The van der Waals surface area contributed by atoms with Crippen molar-refractivity contribution in [1.82, 2.24) is 5.43 Å². The maximum absolute atomic E-state index is 11.9. The van der Waals surface area contributed by atoms with Gasteiger partial charge in [0.05, 0.1) is 12.8 Å². The molecule has 6 heteroatoms. The van der Waals surface area contributed by atoms with E-state index in [1.165, 1.54) is 0 Å². The van der Waals surface area contributed by atoms with Crippen molar-refractivity contribution < 1.29 is 14.3 Å². The van der Waals surface area contributed by atoms with E-state index in [9.17, 15) is 9.59 Å². The molecule has 0 aliphatic carbocycles. The molecule has 28 heavy (non-hydrogen) atoms. The average molecular weight is 381 g/mol. The lowest BCUT2D eigenvalue weighted by Crippen LogP contribution is -2.20. The van der Waals surface area contributed by atoms with Gasteiger partial charge < -0.3 is 10.1 Å². The Morgan fingerprint density at radius 3 is 2.50 bits per heavy atom. The highest BCUT2D eigenvalue weighted by molar-refractivity contribution is 5.93. The molecule has 0 bridgehead atoms. The van der Waals surface area contributed by atoms with Gasteiger partial charge in [0, 0.05) is 24.1 Å². The van der Waals surface area contributed by atoms with Gasteiger partial charge in [0.15, 0.2) is 0 Å². The number of aryl methyl sites for hydroxylation is 1. The Bertz CT molecular complexity index is 801. The van der Waals surface area contributed by atoms with Gasteiger partial charge in [-0.3, -0.25) is 9.59 Å². The molecule has 0 radical (unpaired) electrons. The summed E-state index contributed by atoms with van der Waals surface area (Å²) >= 11 is 0. The van der Waals surface area contributed by atoms with Crippen molar-refractivity contribution in [3.8, 4) is 5.75 Å². The van der Waals surface area contributed by atoms with Crippen molar-refractivity contribution in [2.75, 3.05) is 11.9 Å². The molecule has 0 fully saturated rings. The van der Waals surface area contributed by atoms with Gasteiger partial charge in [0.2, 0.25) is 11.8 Å². The van der Waals surface area contributed by atoms with E-state index in [1.807, 2.05) is 55.5 Å². The molecule has 0 saturated heterocycles. The summed E-state index contributed by atoms with van der Waals surface area (Å²) < 4.78 is 5.72. The second-order valence-corrected chi connectivity index (χ2v) is 6.45. The lowest BCUT2D eigenvalue weighted by Gasteiger charge is -2.08. The number of ether oxygens (including phenoxy) is 1. The van der Waals surface area contributed by atoms with E-state index in [-0.39, 0.29) is 24.7 Å². The summed E-state index contributed by atoms with van der Waals surface area (Å²) in [6.07, 6.45) is 3.73. The highest BCUT2D eigenvalue weighted by atomic mass is 16.5. The maximum atomic E-state index is 11.9. The minimum absolute atomic E-state index is 0.0592. The van der Waals surface area contributed by atoms with Crippen LogP contribution in [-0.2, 0) is 9.59 Å². The van der Waals surface area contributed by atoms with Gasteiger partial charge in [0.25, 0.3) is 0 Å². The summed E-state index contributed by atoms with van der Waals surface area (Å²) in [5, 5.41) is 6.73. The highest BCUT2D eigenvalue weighted by Gasteiger charge is 2.07. The molecule has 0 atom stereocenters. The van der Waals surface area contributed by atoms with Crippen LogP contribution in [0.2, 0.25) is 0 Å². The number of amides is 2. The lowest BCUT2D eigenvalue weighted by molar-refractivity contribution is -0.124.